The largest absolute Gasteiger partial charge is 0.335 e. The highest BCUT2D eigenvalue weighted by atomic mass is 79.9. The van der Waals surface area contributed by atoms with E-state index >= 15 is 0 Å². The molecule has 0 aromatic heterocycles. The molecule has 6 heteroatoms. The third-order valence-electron chi connectivity index (χ3n) is 2.57. The number of hydrogen-bond donors (Lipinski definition) is 0. The van der Waals surface area contributed by atoms with Crippen molar-refractivity contribution < 1.29 is 13.6 Å². The number of carbonyl (C=O) groups is 1. The number of halogens is 3. The van der Waals surface area contributed by atoms with Gasteiger partial charge in [0.2, 0.25) is 0 Å². The first-order valence-electron chi connectivity index (χ1n) is 5.71. The predicted molar refractivity (Wildman–Crippen MR) is 70.5 cm³/mol. The van der Waals surface area contributed by atoms with E-state index in [1.807, 2.05) is 6.07 Å². The molecule has 0 atom stereocenters. The highest BCUT2D eigenvalue weighted by Crippen LogP contribution is 2.21. The fraction of sp³-hybridized carbons (Fsp3) is 0.385. The minimum atomic E-state index is -0.917. The molecule has 0 saturated carbocycles. The van der Waals surface area contributed by atoms with Gasteiger partial charge in [-0.25, -0.2) is 8.78 Å². The number of benzene rings is 1. The molecule has 19 heavy (non-hydrogen) atoms. The van der Waals surface area contributed by atoms with Crippen LogP contribution in [0.5, 0.6) is 0 Å². The number of carbonyl (C=O) groups excluding carboxylic acids is 1. The van der Waals surface area contributed by atoms with Crippen LogP contribution in [0.25, 0.3) is 0 Å². The monoisotopic (exact) mass is 330 g/mol. The summed E-state index contributed by atoms with van der Waals surface area (Å²) < 4.78 is 27.7. The number of nitriles is 1. The summed E-state index contributed by atoms with van der Waals surface area (Å²) >= 11 is 2.96. The van der Waals surface area contributed by atoms with Crippen molar-refractivity contribution in [3.8, 4) is 6.07 Å². The van der Waals surface area contributed by atoms with Crippen LogP contribution in [0.15, 0.2) is 16.6 Å². The van der Waals surface area contributed by atoms with E-state index in [0.717, 1.165) is 12.1 Å². The van der Waals surface area contributed by atoms with Crippen LogP contribution in [0.3, 0.4) is 0 Å². The summed E-state index contributed by atoms with van der Waals surface area (Å²) in [4.78, 5) is 13.4. The second-order valence-electron chi connectivity index (χ2n) is 4.24. The van der Waals surface area contributed by atoms with Gasteiger partial charge in [0, 0.05) is 17.1 Å². The Bertz CT molecular complexity index is 503. The SMILES string of the molecule is CC(C)N(CCC#N)C(=O)c1c(F)cc(Br)cc1F. The Morgan fingerprint density at radius 1 is 1.42 bits per heavy atom. The summed E-state index contributed by atoms with van der Waals surface area (Å²) in [6.45, 7) is 3.59. The lowest BCUT2D eigenvalue weighted by atomic mass is 10.1. The van der Waals surface area contributed by atoms with E-state index < -0.39 is 23.1 Å². The molecule has 102 valence electrons. The van der Waals surface area contributed by atoms with Gasteiger partial charge in [0.25, 0.3) is 5.91 Å². The summed E-state index contributed by atoms with van der Waals surface area (Å²) in [6, 6.07) is 3.74. The van der Waals surface area contributed by atoms with Gasteiger partial charge in [-0.2, -0.15) is 5.26 Å². The van der Waals surface area contributed by atoms with E-state index in [2.05, 4.69) is 15.9 Å². The molecule has 0 spiro atoms. The first-order valence-corrected chi connectivity index (χ1v) is 6.50. The van der Waals surface area contributed by atoms with Crippen molar-refractivity contribution in [2.24, 2.45) is 0 Å². The summed E-state index contributed by atoms with van der Waals surface area (Å²) in [5.41, 5.74) is -0.588. The highest BCUT2D eigenvalue weighted by molar-refractivity contribution is 9.10. The standard InChI is InChI=1S/C13H13BrF2N2O/c1-8(2)18(5-3-4-17)13(19)12-10(15)6-9(14)7-11(12)16/h6-8H,3,5H2,1-2H3. The maximum absolute atomic E-state index is 13.7. The molecule has 0 unspecified atom stereocenters. The van der Waals surface area contributed by atoms with Gasteiger partial charge in [-0.05, 0) is 26.0 Å². The van der Waals surface area contributed by atoms with Crippen molar-refractivity contribution in [1.29, 1.82) is 5.26 Å². The Morgan fingerprint density at radius 3 is 2.37 bits per heavy atom. The average molecular weight is 331 g/mol. The normalized spacial score (nSPS) is 10.4. The van der Waals surface area contributed by atoms with Gasteiger partial charge in [-0.1, -0.05) is 15.9 Å². The molecule has 0 heterocycles. The Morgan fingerprint density at radius 2 is 1.95 bits per heavy atom. The van der Waals surface area contributed by atoms with Crippen molar-refractivity contribution in [2.45, 2.75) is 26.3 Å². The molecule has 3 nitrogen and oxygen atoms in total. The lowest BCUT2D eigenvalue weighted by molar-refractivity contribution is 0.0700. The molecule has 1 rings (SSSR count). The number of hydrogen-bond acceptors (Lipinski definition) is 2. The van der Waals surface area contributed by atoms with Crippen molar-refractivity contribution in [2.75, 3.05) is 6.54 Å². The Balaban J connectivity index is 3.14. The van der Waals surface area contributed by atoms with Crippen LogP contribution in [0, 0.1) is 23.0 Å². The Kier molecular flexibility index (Phi) is 5.43. The molecule has 1 aromatic carbocycles. The molecule has 0 saturated heterocycles. The zero-order chi connectivity index (χ0) is 14.6. The maximum atomic E-state index is 13.7. The van der Waals surface area contributed by atoms with E-state index in [-0.39, 0.29) is 23.5 Å². The Labute approximate surface area is 118 Å². The van der Waals surface area contributed by atoms with Crippen LogP contribution in [0.1, 0.15) is 30.6 Å². The summed E-state index contributed by atoms with van der Waals surface area (Å²) in [7, 11) is 0. The van der Waals surface area contributed by atoms with Gasteiger partial charge in [0.1, 0.15) is 17.2 Å². The van der Waals surface area contributed by atoms with Crippen LogP contribution in [-0.4, -0.2) is 23.4 Å². The van der Waals surface area contributed by atoms with E-state index in [9.17, 15) is 13.6 Å². The zero-order valence-corrected chi connectivity index (χ0v) is 12.2. The second kappa shape index (κ2) is 6.62. The lowest BCUT2D eigenvalue weighted by Gasteiger charge is -2.26. The quantitative estimate of drug-likeness (QED) is 0.848. The van der Waals surface area contributed by atoms with Crippen LogP contribution in [-0.2, 0) is 0 Å². The third kappa shape index (κ3) is 3.74. The molecule has 0 radical (unpaired) electrons. The third-order valence-corrected chi connectivity index (χ3v) is 3.03. The van der Waals surface area contributed by atoms with E-state index in [0.29, 0.717) is 0 Å². The molecule has 0 aliphatic carbocycles. The smallest absolute Gasteiger partial charge is 0.260 e. The summed E-state index contributed by atoms with van der Waals surface area (Å²) in [6.07, 6.45) is 0.115. The molecule has 0 fully saturated rings. The average Bonchev–Trinajstić information content (AvgIpc) is 2.27. The van der Waals surface area contributed by atoms with Gasteiger partial charge >= 0.3 is 0 Å². The van der Waals surface area contributed by atoms with Crippen molar-refractivity contribution in [3.05, 3.63) is 33.8 Å². The lowest BCUT2D eigenvalue weighted by Crippen LogP contribution is -2.38. The van der Waals surface area contributed by atoms with Gasteiger partial charge in [-0.15, -0.1) is 0 Å². The van der Waals surface area contributed by atoms with Crippen LogP contribution in [0.2, 0.25) is 0 Å². The minimum absolute atomic E-state index is 0.115. The van der Waals surface area contributed by atoms with Crippen LogP contribution >= 0.6 is 15.9 Å². The van der Waals surface area contributed by atoms with Crippen molar-refractivity contribution >= 4 is 21.8 Å². The fourth-order valence-corrected chi connectivity index (χ4v) is 2.06. The maximum Gasteiger partial charge on any atom is 0.260 e. The van der Waals surface area contributed by atoms with Crippen molar-refractivity contribution in [3.63, 3.8) is 0 Å². The number of amides is 1. The first-order chi connectivity index (χ1) is 8.88. The molecule has 0 aliphatic heterocycles. The molecule has 0 aliphatic rings. The predicted octanol–water partition coefficient (Wildman–Crippen LogP) is 3.49. The Hall–Kier alpha value is -1.48. The van der Waals surface area contributed by atoms with E-state index in [4.69, 9.17) is 5.26 Å². The highest BCUT2D eigenvalue weighted by Gasteiger charge is 2.25. The topological polar surface area (TPSA) is 44.1 Å². The number of rotatable bonds is 4. The molecule has 0 bridgehead atoms. The molecular formula is C13H13BrF2N2O. The van der Waals surface area contributed by atoms with Gasteiger partial charge in [0.15, 0.2) is 0 Å². The fourth-order valence-electron chi connectivity index (χ4n) is 1.65. The van der Waals surface area contributed by atoms with E-state index in [1.54, 1.807) is 13.8 Å². The molecule has 1 aromatic rings. The molecule has 1 amide bonds. The molecular weight excluding hydrogens is 318 g/mol. The summed E-state index contributed by atoms with van der Waals surface area (Å²) in [5.74, 6) is -2.58. The van der Waals surface area contributed by atoms with E-state index in [1.165, 1.54) is 4.90 Å². The zero-order valence-electron chi connectivity index (χ0n) is 10.6. The van der Waals surface area contributed by atoms with Gasteiger partial charge < -0.3 is 4.90 Å². The van der Waals surface area contributed by atoms with Gasteiger partial charge in [-0.3, -0.25) is 4.79 Å². The second-order valence-corrected chi connectivity index (χ2v) is 5.16. The number of nitrogens with zero attached hydrogens (tertiary/aromatic N) is 2. The van der Waals surface area contributed by atoms with Crippen LogP contribution < -0.4 is 0 Å². The van der Waals surface area contributed by atoms with Gasteiger partial charge in [0.05, 0.1) is 12.5 Å². The van der Waals surface area contributed by atoms with Crippen molar-refractivity contribution in [1.82, 2.24) is 4.90 Å². The first kappa shape index (κ1) is 15.6. The molecule has 0 N–H and O–H groups in total. The summed E-state index contributed by atoms with van der Waals surface area (Å²) in [5, 5.41) is 8.55. The minimum Gasteiger partial charge on any atom is -0.335 e. The van der Waals surface area contributed by atoms with Crippen LogP contribution in [0.4, 0.5) is 8.78 Å².